The van der Waals surface area contributed by atoms with Gasteiger partial charge in [-0.1, -0.05) is 43.9 Å². The first-order chi connectivity index (χ1) is 11.9. The van der Waals surface area contributed by atoms with Crippen LogP contribution in [0.25, 0.3) is 5.57 Å². The van der Waals surface area contributed by atoms with Crippen LogP contribution in [0.3, 0.4) is 0 Å². The van der Waals surface area contributed by atoms with Crippen molar-refractivity contribution in [2.24, 2.45) is 11.8 Å². The molecule has 1 unspecified atom stereocenters. The standard InChI is InChI=1S/C23H32N2/c1-15-13-16(2)22(17(15)3)20-12-11-19(25(4)5)14-21(20)23(24)18-9-7-6-8-10-18/h11-14,16,18,24H,6-10H2,1-5H3. The molecule has 2 aliphatic carbocycles. The van der Waals surface area contributed by atoms with E-state index in [0.717, 1.165) is 11.3 Å². The number of nitrogens with zero attached hydrogens (tertiary/aromatic N) is 1. The van der Waals surface area contributed by atoms with Gasteiger partial charge in [0.25, 0.3) is 0 Å². The van der Waals surface area contributed by atoms with Crippen molar-refractivity contribution >= 4 is 17.0 Å². The van der Waals surface area contributed by atoms with Gasteiger partial charge in [0.1, 0.15) is 0 Å². The molecule has 0 aliphatic heterocycles. The molecule has 2 nitrogen and oxygen atoms in total. The number of nitrogens with one attached hydrogen (secondary N) is 1. The van der Waals surface area contributed by atoms with Crippen LogP contribution < -0.4 is 4.90 Å². The van der Waals surface area contributed by atoms with Crippen molar-refractivity contribution < 1.29 is 0 Å². The van der Waals surface area contributed by atoms with E-state index in [2.05, 4.69) is 64.0 Å². The molecule has 0 heterocycles. The van der Waals surface area contributed by atoms with Gasteiger partial charge in [-0.25, -0.2) is 0 Å². The molecule has 1 aromatic rings. The first-order valence-corrected chi connectivity index (χ1v) is 9.70. The lowest BCUT2D eigenvalue weighted by Crippen LogP contribution is -2.20. The van der Waals surface area contributed by atoms with Crippen LogP contribution in [0.2, 0.25) is 0 Å². The Hall–Kier alpha value is -1.83. The third kappa shape index (κ3) is 3.44. The van der Waals surface area contributed by atoms with Gasteiger partial charge in [0, 0.05) is 42.9 Å². The van der Waals surface area contributed by atoms with E-state index < -0.39 is 0 Å². The number of hydrogen-bond acceptors (Lipinski definition) is 2. The van der Waals surface area contributed by atoms with Crippen molar-refractivity contribution in [3.63, 3.8) is 0 Å². The molecule has 134 valence electrons. The Morgan fingerprint density at radius 2 is 1.76 bits per heavy atom. The van der Waals surface area contributed by atoms with E-state index in [0.29, 0.717) is 11.8 Å². The summed E-state index contributed by atoms with van der Waals surface area (Å²) in [5.74, 6) is 0.861. The average molecular weight is 337 g/mol. The molecule has 3 rings (SSSR count). The Bertz CT molecular complexity index is 730. The fraction of sp³-hybridized carbons (Fsp3) is 0.522. The molecule has 0 amide bonds. The Morgan fingerprint density at radius 3 is 2.32 bits per heavy atom. The maximum atomic E-state index is 8.99. The van der Waals surface area contributed by atoms with Gasteiger partial charge in [-0.05, 0) is 55.5 Å². The molecule has 0 bridgehead atoms. The molecule has 1 aromatic carbocycles. The van der Waals surface area contributed by atoms with E-state index in [9.17, 15) is 0 Å². The van der Waals surface area contributed by atoms with Crippen molar-refractivity contribution in [3.8, 4) is 0 Å². The SMILES string of the molecule is CC1=CC(C)C(c2ccc(N(C)C)cc2C(=N)C2CCCCC2)=C1C. The van der Waals surface area contributed by atoms with Crippen molar-refractivity contribution in [3.05, 3.63) is 46.5 Å². The predicted molar refractivity (Wildman–Crippen MR) is 110 cm³/mol. The molecular weight excluding hydrogens is 304 g/mol. The molecule has 1 saturated carbocycles. The van der Waals surface area contributed by atoms with Crippen molar-refractivity contribution in [1.82, 2.24) is 0 Å². The zero-order valence-corrected chi connectivity index (χ0v) is 16.4. The Labute approximate surface area is 153 Å². The van der Waals surface area contributed by atoms with Gasteiger partial charge < -0.3 is 10.3 Å². The molecule has 1 fully saturated rings. The van der Waals surface area contributed by atoms with E-state index >= 15 is 0 Å². The molecular formula is C23H32N2. The molecule has 0 aromatic heterocycles. The Morgan fingerprint density at radius 1 is 1.08 bits per heavy atom. The van der Waals surface area contributed by atoms with E-state index in [1.807, 2.05) is 0 Å². The van der Waals surface area contributed by atoms with Gasteiger partial charge >= 0.3 is 0 Å². The van der Waals surface area contributed by atoms with Crippen LogP contribution in [-0.4, -0.2) is 19.8 Å². The van der Waals surface area contributed by atoms with Crippen molar-refractivity contribution in [2.45, 2.75) is 52.9 Å². The second kappa shape index (κ2) is 7.19. The van der Waals surface area contributed by atoms with Crippen LogP contribution in [0, 0.1) is 17.2 Å². The number of benzene rings is 1. The predicted octanol–water partition coefficient (Wildman–Crippen LogP) is 6.07. The molecule has 0 spiro atoms. The zero-order valence-electron chi connectivity index (χ0n) is 16.4. The van der Waals surface area contributed by atoms with Crippen LogP contribution in [-0.2, 0) is 0 Å². The summed E-state index contributed by atoms with van der Waals surface area (Å²) in [6.45, 7) is 6.72. The first kappa shape index (κ1) is 18.0. The highest BCUT2D eigenvalue weighted by atomic mass is 15.1. The summed E-state index contributed by atoms with van der Waals surface area (Å²) in [5, 5.41) is 8.99. The topological polar surface area (TPSA) is 27.1 Å². The van der Waals surface area contributed by atoms with E-state index in [1.165, 1.54) is 60.1 Å². The van der Waals surface area contributed by atoms with Gasteiger partial charge in [0.05, 0.1) is 0 Å². The molecule has 0 radical (unpaired) electrons. The van der Waals surface area contributed by atoms with Crippen LogP contribution in [0.4, 0.5) is 5.69 Å². The third-order valence-corrected chi connectivity index (χ3v) is 6.06. The number of hydrogen-bond donors (Lipinski definition) is 1. The van der Waals surface area contributed by atoms with E-state index in [1.54, 1.807) is 0 Å². The number of anilines is 1. The second-order valence-corrected chi connectivity index (χ2v) is 8.05. The highest BCUT2D eigenvalue weighted by Gasteiger charge is 2.26. The Balaban J connectivity index is 2.08. The summed E-state index contributed by atoms with van der Waals surface area (Å²) in [4.78, 5) is 2.14. The van der Waals surface area contributed by atoms with Gasteiger partial charge in [-0.15, -0.1) is 0 Å². The third-order valence-electron chi connectivity index (χ3n) is 6.06. The fourth-order valence-electron chi connectivity index (χ4n) is 4.46. The normalized spacial score (nSPS) is 21.5. The highest BCUT2D eigenvalue weighted by Crippen LogP contribution is 2.41. The summed E-state index contributed by atoms with van der Waals surface area (Å²) in [6.07, 6.45) is 8.59. The lowest BCUT2D eigenvalue weighted by Gasteiger charge is -2.26. The molecule has 2 aliphatic rings. The fourth-order valence-corrected chi connectivity index (χ4v) is 4.46. The van der Waals surface area contributed by atoms with Gasteiger partial charge in [-0.3, -0.25) is 0 Å². The van der Waals surface area contributed by atoms with Crippen LogP contribution in [0.1, 0.15) is 64.0 Å². The van der Waals surface area contributed by atoms with Crippen molar-refractivity contribution in [1.29, 1.82) is 5.41 Å². The minimum absolute atomic E-state index is 0.427. The molecule has 2 heteroatoms. The minimum Gasteiger partial charge on any atom is -0.378 e. The van der Waals surface area contributed by atoms with Crippen LogP contribution in [0.15, 0.2) is 35.4 Å². The van der Waals surface area contributed by atoms with Gasteiger partial charge in [-0.2, -0.15) is 0 Å². The largest absolute Gasteiger partial charge is 0.378 e. The van der Waals surface area contributed by atoms with E-state index in [-0.39, 0.29) is 0 Å². The lowest BCUT2D eigenvalue weighted by atomic mass is 9.80. The average Bonchev–Trinajstić information content (AvgIpc) is 2.86. The second-order valence-electron chi connectivity index (χ2n) is 8.05. The monoisotopic (exact) mass is 336 g/mol. The van der Waals surface area contributed by atoms with Crippen molar-refractivity contribution in [2.75, 3.05) is 19.0 Å². The first-order valence-electron chi connectivity index (χ1n) is 9.70. The van der Waals surface area contributed by atoms with Crippen LogP contribution >= 0.6 is 0 Å². The smallest absolute Gasteiger partial charge is 0.0423 e. The summed E-state index contributed by atoms with van der Waals surface area (Å²) in [5.41, 5.74) is 8.67. The quantitative estimate of drug-likeness (QED) is 0.664. The molecule has 1 N–H and O–H groups in total. The minimum atomic E-state index is 0.427. The summed E-state index contributed by atoms with van der Waals surface area (Å²) in [7, 11) is 4.16. The molecule has 0 saturated heterocycles. The number of allylic oxidation sites excluding steroid dienone is 4. The maximum Gasteiger partial charge on any atom is 0.0423 e. The molecule has 1 atom stereocenters. The lowest BCUT2D eigenvalue weighted by molar-refractivity contribution is 0.438. The number of rotatable bonds is 4. The summed E-state index contributed by atoms with van der Waals surface area (Å²) >= 11 is 0. The van der Waals surface area contributed by atoms with Gasteiger partial charge in [0.2, 0.25) is 0 Å². The van der Waals surface area contributed by atoms with Gasteiger partial charge in [0.15, 0.2) is 0 Å². The maximum absolute atomic E-state index is 8.99. The van der Waals surface area contributed by atoms with E-state index in [4.69, 9.17) is 5.41 Å². The highest BCUT2D eigenvalue weighted by molar-refractivity contribution is 6.05. The molecule has 25 heavy (non-hydrogen) atoms. The van der Waals surface area contributed by atoms with Crippen LogP contribution in [0.5, 0.6) is 0 Å². The summed E-state index contributed by atoms with van der Waals surface area (Å²) in [6, 6.07) is 6.70. The summed E-state index contributed by atoms with van der Waals surface area (Å²) < 4.78 is 0. The zero-order chi connectivity index (χ0) is 18.1. The Kier molecular flexibility index (Phi) is 5.17.